The van der Waals surface area contributed by atoms with Crippen LogP contribution in [0.2, 0.25) is 0 Å². The van der Waals surface area contributed by atoms with Crippen LogP contribution in [0, 0.1) is 0 Å². The van der Waals surface area contributed by atoms with Gasteiger partial charge in [0.05, 0.1) is 11.5 Å². The van der Waals surface area contributed by atoms with Gasteiger partial charge in [-0.2, -0.15) is 0 Å². The second-order valence-electron chi connectivity index (χ2n) is 5.34. The Hall–Kier alpha value is -1.20. The summed E-state index contributed by atoms with van der Waals surface area (Å²) < 4.78 is 8.86. The Bertz CT molecular complexity index is 605. The van der Waals surface area contributed by atoms with Crippen LogP contribution in [0.15, 0.2) is 35.1 Å². The number of aromatic nitrogens is 3. The molecule has 1 heterocycles. The Morgan fingerprint density at radius 2 is 2.25 bits per heavy atom. The third kappa shape index (κ3) is 2.19. The summed E-state index contributed by atoms with van der Waals surface area (Å²) in [5, 5.41) is 8.40. The van der Waals surface area contributed by atoms with Crippen molar-refractivity contribution in [3.8, 4) is 0 Å². The molecule has 3 rings (SSSR count). The smallest absolute Gasteiger partial charge is 0.143 e. The van der Waals surface area contributed by atoms with Crippen molar-refractivity contribution in [1.29, 1.82) is 0 Å². The molecule has 0 aliphatic heterocycles. The molecule has 0 radical (unpaired) electrons. The summed E-state index contributed by atoms with van der Waals surface area (Å²) in [7, 11) is 2.00. The Morgan fingerprint density at radius 3 is 2.85 bits per heavy atom. The molecule has 5 heteroatoms. The van der Waals surface area contributed by atoms with Gasteiger partial charge in [-0.05, 0) is 37.5 Å². The maximum Gasteiger partial charge on any atom is 0.143 e. The van der Waals surface area contributed by atoms with Crippen LogP contribution in [-0.2, 0) is 17.2 Å². The van der Waals surface area contributed by atoms with Crippen molar-refractivity contribution in [1.82, 2.24) is 14.8 Å². The van der Waals surface area contributed by atoms with Crippen LogP contribution in [0.25, 0.3) is 0 Å². The van der Waals surface area contributed by atoms with Crippen molar-refractivity contribution in [2.45, 2.75) is 31.3 Å². The summed E-state index contributed by atoms with van der Waals surface area (Å²) in [5.74, 6) is 1.02. The molecule has 20 heavy (non-hydrogen) atoms. The fourth-order valence-electron chi connectivity index (χ4n) is 3.12. The zero-order valence-corrected chi connectivity index (χ0v) is 13.3. The first kappa shape index (κ1) is 13.8. The highest BCUT2D eigenvalue weighted by molar-refractivity contribution is 9.10. The van der Waals surface area contributed by atoms with Crippen LogP contribution in [0.1, 0.15) is 31.2 Å². The minimum Gasteiger partial charge on any atom is -0.378 e. The van der Waals surface area contributed by atoms with Gasteiger partial charge in [-0.1, -0.05) is 28.1 Å². The van der Waals surface area contributed by atoms with Crippen molar-refractivity contribution in [2.75, 3.05) is 6.61 Å². The first-order valence-corrected chi connectivity index (χ1v) is 7.67. The normalized spacial score (nSPS) is 25.4. The van der Waals surface area contributed by atoms with Crippen molar-refractivity contribution in [3.63, 3.8) is 0 Å². The molecule has 0 atom stereocenters. The van der Waals surface area contributed by atoms with E-state index in [-0.39, 0.29) is 5.41 Å². The topological polar surface area (TPSA) is 39.9 Å². The third-order valence-electron chi connectivity index (χ3n) is 4.07. The summed E-state index contributed by atoms with van der Waals surface area (Å²) in [6.07, 6.45) is 4.01. The van der Waals surface area contributed by atoms with Crippen LogP contribution in [0.4, 0.5) is 0 Å². The van der Waals surface area contributed by atoms with Gasteiger partial charge in [0.15, 0.2) is 0 Å². The molecule has 0 saturated heterocycles. The van der Waals surface area contributed by atoms with Gasteiger partial charge in [-0.15, -0.1) is 10.2 Å². The second kappa shape index (κ2) is 5.30. The fourth-order valence-corrected chi connectivity index (χ4v) is 3.52. The first-order valence-electron chi connectivity index (χ1n) is 6.88. The maximum absolute atomic E-state index is 5.75. The number of nitrogens with zero attached hydrogens (tertiary/aromatic N) is 3. The highest BCUT2D eigenvalue weighted by atomic mass is 79.9. The van der Waals surface area contributed by atoms with Crippen LogP contribution >= 0.6 is 15.9 Å². The molecular formula is C15H18BrN3O. The molecule has 1 aromatic carbocycles. The number of ether oxygens (including phenoxy) is 1. The molecule has 0 bridgehead atoms. The summed E-state index contributed by atoms with van der Waals surface area (Å²) in [6.45, 7) is 2.81. The summed E-state index contributed by atoms with van der Waals surface area (Å²) in [6, 6.07) is 8.47. The molecule has 1 fully saturated rings. The van der Waals surface area contributed by atoms with E-state index in [1.807, 2.05) is 24.6 Å². The molecule has 0 spiro atoms. The Kier molecular flexibility index (Phi) is 3.65. The number of halogens is 1. The van der Waals surface area contributed by atoms with E-state index in [0.29, 0.717) is 6.10 Å². The van der Waals surface area contributed by atoms with Gasteiger partial charge >= 0.3 is 0 Å². The third-order valence-corrected chi connectivity index (χ3v) is 4.56. The van der Waals surface area contributed by atoms with Gasteiger partial charge in [0.1, 0.15) is 12.2 Å². The predicted molar refractivity (Wildman–Crippen MR) is 80.6 cm³/mol. The monoisotopic (exact) mass is 335 g/mol. The molecule has 2 aromatic rings. The highest BCUT2D eigenvalue weighted by Gasteiger charge is 2.50. The molecule has 1 aromatic heterocycles. The number of benzene rings is 1. The van der Waals surface area contributed by atoms with E-state index >= 15 is 0 Å². The van der Waals surface area contributed by atoms with Gasteiger partial charge in [-0.25, -0.2) is 0 Å². The van der Waals surface area contributed by atoms with E-state index in [9.17, 15) is 0 Å². The zero-order chi connectivity index (χ0) is 14.2. The maximum atomic E-state index is 5.75. The van der Waals surface area contributed by atoms with Gasteiger partial charge in [0, 0.05) is 18.1 Å². The van der Waals surface area contributed by atoms with E-state index in [1.54, 1.807) is 6.33 Å². The van der Waals surface area contributed by atoms with Crippen molar-refractivity contribution < 1.29 is 4.74 Å². The number of hydrogen-bond donors (Lipinski definition) is 0. The SMILES string of the molecule is CCO[C@H]1C[C@](c2cccc(Br)c2)(c2nncn2C)C1. The molecule has 4 nitrogen and oxygen atoms in total. The molecule has 0 N–H and O–H groups in total. The summed E-state index contributed by atoms with van der Waals surface area (Å²) in [5.41, 5.74) is 1.20. The standard InChI is InChI=1S/C15H18BrN3O/c1-3-20-13-8-15(9-13,14-18-17-10-19(14)2)11-5-4-6-12(16)7-11/h4-7,10,13H,3,8-9H2,1-2H3/t13-,15-. The average Bonchev–Trinajstić information content (AvgIpc) is 2.80. The van der Waals surface area contributed by atoms with E-state index in [0.717, 1.165) is 29.7 Å². The molecule has 0 amide bonds. The minimum atomic E-state index is -0.0745. The van der Waals surface area contributed by atoms with Gasteiger partial charge < -0.3 is 9.30 Å². The quantitative estimate of drug-likeness (QED) is 0.862. The van der Waals surface area contributed by atoms with Crippen molar-refractivity contribution in [3.05, 3.63) is 46.5 Å². The van der Waals surface area contributed by atoms with Crippen molar-refractivity contribution in [2.24, 2.45) is 7.05 Å². The minimum absolute atomic E-state index is 0.0745. The number of aryl methyl sites for hydroxylation is 1. The highest BCUT2D eigenvalue weighted by Crippen LogP contribution is 2.49. The molecule has 0 unspecified atom stereocenters. The van der Waals surface area contributed by atoms with E-state index in [4.69, 9.17) is 4.74 Å². The van der Waals surface area contributed by atoms with E-state index in [2.05, 4.69) is 44.3 Å². The molecule has 1 aliphatic rings. The lowest BCUT2D eigenvalue weighted by Crippen LogP contribution is -2.48. The fraction of sp³-hybridized carbons (Fsp3) is 0.467. The van der Waals surface area contributed by atoms with Gasteiger partial charge in [0.25, 0.3) is 0 Å². The lowest BCUT2D eigenvalue weighted by molar-refractivity contribution is -0.0312. The average molecular weight is 336 g/mol. The second-order valence-corrected chi connectivity index (χ2v) is 6.26. The van der Waals surface area contributed by atoms with Crippen LogP contribution in [-0.4, -0.2) is 27.5 Å². The Balaban J connectivity index is 2.00. The first-order chi connectivity index (χ1) is 9.65. The lowest BCUT2D eigenvalue weighted by Gasteiger charge is -2.46. The Labute approximate surface area is 127 Å². The summed E-state index contributed by atoms with van der Waals surface area (Å²) in [4.78, 5) is 0. The molecule has 1 aliphatic carbocycles. The van der Waals surface area contributed by atoms with Gasteiger partial charge in [-0.3, -0.25) is 0 Å². The van der Waals surface area contributed by atoms with Crippen LogP contribution in [0.3, 0.4) is 0 Å². The van der Waals surface area contributed by atoms with Gasteiger partial charge in [0.2, 0.25) is 0 Å². The lowest BCUT2D eigenvalue weighted by atomic mass is 9.62. The van der Waals surface area contributed by atoms with E-state index < -0.39 is 0 Å². The number of rotatable bonds is 4. The van der Waals surface area contributed by atoms with Crippen molar-refractivity contribution >= 4 is 15.9 Å². The van der Waals surface area contributed by atoms with Crippen LogP contribution in [0.5, 0.6) is 0 Å². The number of hydrogen-bond acceptors (Lipinski definition) is 3. The molecule has 1 saturated carbocycles. The van der Waals surface area contributed by atoms with E-state index in [1.165, 1.54) is 5.56 Å². The Morgan fingerprint density at radius 1 is 1.45 bits per heavy atom. The zero-order valence-electron chi connectivity index (χ0n) is 11.7. The largest absolute Gasteiger partial charge is 0.378 e. The summed E-state index contributed by atoms with van der Waals surface area (Å²) >= 11 is 3.56. The van der Waals surface area contributed by atoms with Crippen LogP contribution < -0.4 is 0 Å². The molecule has 106 valence electrons. The molecular weight excluding hydrogens is 318 g/mol. The predicted octanol–water partition coefficient (Wildman–Crippen LogP) is 3.06.